The molecule has 118 valence electrons. The third kappa shape index (κ3) is 4.29. The Morgan fingerprint density at radius 1 is 1.29 bits per heavy atom. The lowest BCUT2D eigenvalue weighted by molar-refractivity contribution is -0.0110. The van der Waals surface area contributed by atoms with Crippen LogP contribution in [-0.2, 0) is 4.74 Å². The summed E-state index contributed by atoms with van der Waals surface area (Å²) >= 11 is 0. The van der Waals surface area contributed by atoms with Gasteiger partial charge in [-0.05, 0) is 39.7 Å². The molecule has 1 atom stereocenters. The maximum absolute atomic E-state index is 5.57. The molecule has 21 heavy (non-hydrogen) atoms. The summed E-state index contributed by atoms with van der Waals surface area (Å²) < 4.78 is 5.57. The zero-order valence-corrected chi connectivity index (χ0v) is 14.1. The van der Waals surface area contributed by atoms with Crippen molar-refractivity contribution in [3.05, 3.63) is 35.9 Å². The maximum atomic E-state index is 5.57. The lowest BCUT2D eigenvalue weighted by Crippen LogP contribution is -2.59. The Balaban J connectivity index is 2.03. The van der Waals surface area contributed by atoms with Crippen LogP contribution in [0.25, 0.3) is 0 Å². The fourth-order valence-corrected chi connectivity index (χ4v) is 2.83. The predicted octanol–water partition coefficient (Wildman–Crippen LogP) is 3.23. The van der Waals surface area contributed by atoms with Gasteiger partial charge in [0.15, 0.2) is 0 Å². The van der Waals surface area contributed by atoms with E-state index >= 15 is 0 Å². The molecule has 1 aliphatic rings. The summed E-state index contributed by atoms with van der Waals surface area (Å²) in [5, 5.41) is 3.69. The fourth-order valence-electron chi connectivity index (χ4n) is 2.83. The standard InChI is InChI=1S/C18H30N2O/c1-17(2)14-19-16(15-9-7-6-8-10-15)13-20(17)12-11-18(3,4)21-5/h6-10,16,19H,11-14H2,1-5H3. The van der Waals surface area contributed by atoms with E-state index in [1.165, 1.54) is 5.56 Å². The van der Waals surface area contributed by atoms with Crippen molar-refractivity contribution < 1.29 is 4.74 Å². The van der Waals surface area contributed by atoms with E-state index < -0.39 is 0 Å². The summed E-state index contributed by atoms with van der Waals surface area (Å²) in [6, 6.07) is 11.2. The van der Waals surface area contributed by atoms with E-state index in [0.717, 1.165) is 26.1 Å². The van der Waals surface area contributed by atoms with Gasteiger partial charge in [0.1, 0.15) is 0 Å². The molecule has 1 unspecified atom stereocenters. The minimum Gasteiger partial charge on any atom is -0.379 e. The first-order chi connectivity index (χ1) is 9.84. The topological polar surface area (TPSA) is 24.5 Å². The second-order valence-corrected chi connectivity index (χ2v) is 7.32. The summed E-state index contributed by atoms with van der Waals surface area (Å²) in [4.78, 5) is 2.60. The fraction of sp³-hybridized carbons (Fsp3) is 0.667. The molecule has 0 saturated carbocycles. The van der Waals surface area contributed by atoms with Gasteiger partial charge in [0.05, 0.1) is 5.60 Å². The van der Waals surface area contributed by atoms with Crippen LogP contribution in [0.3, 0.4) is 0 Å². The molecule has 3 nitrogen and oxygen atoms in total. The number of rotatable bonds is 5. The van der Waals surface area contributed by atoms with Crippen LogP contribution in [0.2, 0.25) is 0 Å². The molecule has 2 rings (SSSR count). The van der Waals surface area contributed by atoms with E-state index in [-0.39, 0.29) is 11.1 Å². The van der Waals surface area contributed by atoms with Gasteiger partial charge in [0, 0.05) is 38.3 Å². The smallest absolute Gasteiger partial charge is 0.0634 e. The lowest BCUT2D eigenvalue weighted by Gasteiger charge is -2.47. The summed E-state index contributed by atoms with van der Waals surface area (Å²) in [7, 11) is 1.80. The average Bonchev–Trinajstić information content (AvgIpc) is 2.47. The Morgan fingerprint density at radius 3 is 2.57 bits per heavy atom. The third-order valence-electron chi connectivity index (χ3n) is 4.78. The van der Waals surface area contributed by atoms with Gasteiger partial charge < -0.3 is 10.1 Å². The van der Waals surface area contributed by atoms with Crippen molar-refractivity contribution in [3.8, 4) is 0 Å². The second-order valence-electron chi connectivity index (χ2n) is 7.32. The highest BCUT2D eigenvalue weighted by molar-refractivity contribution is 5.20. The molecule has 0 bridgehead atoms. The van der Waals surface area contributed by atoms with Gasteiger partial charge in [-0.25, -0.2) is 0 Å². The summed E-state index contributed by atoms with van der Waals surface area (Å²) in [6.07, 6.45) is 1.05. The number of hydrogen-bond donors (Lipinski definition) is 1. The highest BCUT2D eigenvalue weighted by Crippen LogP contribution is 2.27. The first kappa shape index (κ1) is 16.5. The Morgan fingerprint density at radius 2 is 1.95 bits per heavy atom. The van der Waals surface area contributed by atoms with Gasteiger partial charge in [-0.2, -0.15) is 0 Å². The molecule has 1 N–H and O–H groups in total. The largest absolute Gasteiger partial charge is 0.379 e. The number of benzene rings is 1. The Kier molecular flexibility index (Phi) is 5.07. The minimum atomic E-state index is -0.0524. The molecular formula is C18H30N2O. The van der Waals surface area contributed by atoms with Crippen LogP contribution < -0.4 is 5.32 Å². The van der Waals surface area contributed by atoms with Crippen molar-refractivity contribution in [3.63, 3.8) is 0 Å². The van der Waals surface area contributed by atoms with E-state index in [9.17, 15) is 0 Å². The number of ether oxygens (including phenoxy) is 1. The van der Waals surface area contributed by atoms with E-state index in [1.807, 2.05) is 0 Å². The Hall–Kier alpha value is -0.900. The van der Waals surface area contributed by atoms with Crippen LogP contribution in [0.4, 0.5) is 0 Å². The normalized spacial score (nSPS) is 23.2. The first-order valence-corrected chi connectivity index (χ1v) is 7.93. The molecule has 0 spiro atoms. The summed E-state index contributed by atoms with van der Waals surface area (Å²) in [6.45, 7) is 12.1. The van der Waals surface area contributed by atoms with E-state index in [1.54, 1.807) is 7.11 Å². The van der Waals surface area contributed by atoms with Crippen molar-refractivity contribution >= 4 is 0 Å². The van der Waals surface area contributed by atoms with Crippen molar-refractivity contribution in [2.45, 2.75) is 51.3 Å². The van der Waals surface area contributed by atoms with Gasteiger partial charge >= 0.3 is 0 Å². The number of hydrogen-bond acceptors (Lipinski definition) is 3. The van der Waals surface area contributed by atoms with Gasteiger partial charge in [-0.15, -0.1) is 0 Å². The molecule has 0 aliphatic carbocycles. The zero-order valence-electron chi connectivity index (χ0n) is 14.1. The van der Waals surface area contributed by atoms with Crippen molar-refractivity contribution in [1.82, 2.24) is 10.2 Å². The molecule has 1 saturated heterocycles. The molecule has 1 heterocycles. The molecule has 3 heteroatoms. The second kappa shape index (κ2) is 6.47. The Bertz CT molecular complexity index is 442. The monoisotopic (exact) mass is 290 g/mol. The van der Waals surface area contributed by atoms with Gasteiger partial charge in [-0.3, -0.25) is 4.90 Å². The van der Waals surface area contributed by atoms with Crippen LogP contribution in [0.5, 0.6) is 0 Å². The SMILES string of the molecule is COC(C)(C)CCN1CC(c2ccccc2)NCC1(C)C. The molecule has 0 radical (unpaired) electrons. The minimum absolute atomic E-state index is 0.0524. The van der Waals surface area contributed by atoms with Crippen LogP contribution in [0, 0.1) is 0 Å². The number of nitrogens with zero attached hydrogens (tertiary/aromatic N) is 1. The molecule has 1 aliphatic heterocycles. The maximum Gasteiger partial charge on any atom is 0.0634 e. The lowest BCUT2D eigenvalue weighted by atomic mass is 9.93. The number of piperazine rings is 1. The highest BCUT2D eigenvalue weighted by Gasteiger charge is 2.35. The zero-order chi connectivity index (χ0) is 15.5. The summed E-state index contributed by atoms with van der Waals surface area (Å²) in [5.41, 5.74) is 1.52. The molecule has 1 fully saturated rings. The number of methoxy groups -OCH3 is 1. The van der Waals surface area contributed by atoms with Gasteiger partial charge in [0.2, 0.25) is 0 Å². The molecule has 1 aromatic carbocycles. The van der Waals surface area contributed by atoms with Crippen molar-refractivity contribution in [1.29, 1.82) is 0 Å². The quantitative estimate of drug-likeness (QED) is 0.901. The average molecular weight is 290 g/mol. The van der Waals surface area contributed by atoms with Gasteiger partial charge in [-0.1, -0.05) is 30.3 Å². The molecular weight excluding hydrogens is 260 g/mol. The van der Waals surface area contributed by atoms with Crippen LogP contribution >= 0.6 is 0 Å². The van der Waals surface area contributed by atoms with Crippen LogP contribution in [0.15, 0.2) is 30.3 Å². The summed E-state index contributed by atoms with van der Waals surface area (Å²) in [5.74, 6) is 0. The molecule has 1 aromatic rings. The van der Waals surface area contributed by atoms with Crippen LogP contribution in [0.1, 0.15) is 45.7 Å². The van der Waals surface area contributed by atoms with Crippen molar-refractivity contribution in [2.24, 2.45) is 0 Å². The molecule has 0 amide bonds. The van der Waals surface area contributed by atoms with E-state index in [2.05, 4.69) is 68.2 Å². The van der Waals surface area contributed by atoms with Crippen molar-refractivity contribution in [2.75, 3.05) is 26.7 Å². The first-order valence-electron chi connectivity index (χ1n) is 7.93. The predicted molar refractivity (Wildman–Crippen MR) is 88.5 cm³/mol. The van der Waals surface area contributed by atoms with E-state index in [0.29, 0.717) is 6.04 Å². The number of nitrogens with one attached hydrogen (secondary N) is 1. The third-order valence-corrected chi connectivity index (χ3v) is 4.78. The highest BCUT2D eigenvalue weighted by atomic mass is 16.5. The van der Waals surface area contributed by atoms with Crippen LogP contribution in [-0.4, -0.2) is 42.8 Å². The van der Waals surface area contributed by atoms with E-state index in [4.69, 9.17) is 4.74 Å². The Labute approximate surface area is 129 Å². The molecule has 0 aromatic heterocycles. The van der Waals surface area contributed by atoms with Gasteiger partial charge in [0.25, 0.3) is 0 Å².